The topological polar surface area (TPSA) is 77.0 Å². The minimum Gasteiger partial charge on any atom is -0.487 e. The predicted molar refractivity (Wildman–Crippen MR) is 118 cm³/mol. The highest BCUT2D eigenvalue weighted by atomic mass is 32.1. The van der Waals surface area contributed by atoms with Gasteiger partial charge < -0.3 is 10.1 Å². The molecule has 0 radical (unpaired) electrons. The van der Waals surface area contributed by atoms with Gasteiger partial charge in [0.25, 0.3) is 0 Å². The summed E-state index contributed by atoms with van der Waals surface area (Å²) in [4.78, 5) is 17.3. The van der Waals surface area contributed by atoms with E-state index in [-0.39, 0.29) is 11.8 Å². The number of aromatic nitrogens is 3. The molecule has 0 spiro atoms. The van der Waals surface area contributed by atoms with E-state index in [1.165, 1.54) is 22.9 Å². The first-order chi connectivity index (χ1) is 14.0. The van der Waals surface area contributed by atoms with Crippen LogP contribution in [-0.4, -0.2) is 20.5 Å². The Morgan fingerprint density at radius 1 is 1.21 bits per heavy atom. The number of hydrogen-bond acceptors (Lipinski definition) is 7. The third kappa shape index (κ3) is 4.13. The van der Waals surface area contributed by atoms with Crippen molar-refractivity contribution >= 4 is 44.7 Å². The second kappa shape index (κ2) is 8.26. The number of anilines is 1. The number of nitrogens with zero attached hydrogens (tertiary/aromatic N) is 3. The number of carbonyl (C=O) groups excluding carboxylic acids is 1. The van der Waals surface area contributed by atoms with Crippen molar-refractivity contribution in [3.63, 3.8) is 0 Å². The summed E-state index contributed by atoms with van der Waals surface area (Å²) in [5, 5.41) is 11.8. The number of rotatable bonds is 6. The molecule has 1 N–H and O–H groups in total. The monoisotopic (exact) mass is 424 g/mol. The molecule has 0 bridgehead atoms. The number of thiazole rings is 1. The number of carbonyl (C=O) groups is 1. The van der Waals surface area contributed by atoms with Gasteiger partial charge in [-0.2, -0.15) is 0 Å². The van der Waals surface area contributed by atoms with E-state index in [0.717, 1.165) is 38.4 Å². The van der Waals surface area contributed by atoms with Crippen LogP contribution in [0.15, 0.2) is 41.8 Å². The van der Waals surface area contributed by atoms with Crippen molar-refractivity contribution in [1.82, 2.24) is 14.6 Å². The van der Waals surface area contributed by atoms with Crippen LogP contribution in [0.2, 0.25) is 0 Å². The van der Waals surface area contributed by atoms with E-state index in [1.807, 2.05) is 50.4 Å². The molecule has 2 aromatic carbocycles. The number of aryl methyl sites for hydroxylation is 1. The highest BCUT2D eigenvalue weighted by molar-refractivity contribution is 7.13. The normalized spacial score (nSPS) is 11.2. The molecule has 0 aliphatic rings. The lowest BCUT2D eigenvalue weighted by atomic mass is 10.0. The maximum atomic E-state index is 11.8. The highest BCUT2D eigenvalue weighted by Gasteiger charge is 2.17. The maximum absolute atomic E-state index is 11.8. The summed E-state index contributed by atoms with van der Waals surface area (Å²) in [6.07, 6.45) is 0. The van der Waals surface area contributed by atoms with Crippen molar-refractivity contribution in [3.05, 3.63) is 52.3 Å². The van der Waals surface area contributed by atoms with Crippen LogP contribution < -0.4 is 10.1 Å². The van der Waals surface area contributed by atoms with E-state index in [1.54, 1.807) is 0 Å². The molecule has 0 unspecified atom stereocenters. The minimum absolute atomic E-state index is 0.0462. The molecular formula is C21H20N4O2S2. The van der Waals surface area contributed by atoms with Crippen LogP contribution in [-0.2, 0) is 11.4 Å². The quantitative estimate of drug-likeness (QED) is 0.455. The molecule has 1 amide bonds. The van der Waals surface area contributed by atoms with E-state index >= 15 is 0 Å². The molecule has 29 heavy (non-hydrogen) atoms. The summed E-state index contributed by atoms with van der Waals surface area (Å²) < 4.78 is 10.2. The summed E-state index contributed by atoms with van der Waals surface area (Å²) in [7, 11) is 0. The Morgan fingerprint density at radius 3 is 2.79 bits per heavy atom. The Bertz CT molecular complexity index is 1170. The third-order valence-electron chi connectivity index (χ3n) is 4.46. The molecule has 0 aliphatic carbocycles. The van der Waals surface area contributed by atoms with Gasteiger partial charge in [0.1, 0.15) is 18.1 Å². The molecule has 0 saturated carbocycles. The van der Waals surface area contributed by atoms with Gasteiger partial charge in [-0.15, -0.1) is 16.4 Å². The highest BCUT2D eigenvalue weighted by Crippen LogP contribution is 2.38. The molecule has 0 aliphatic heterocycles. The van der Waals surface area contributed by atoms with E-state index in [9.17, 15) is 4.79 Å². The van der Waals surface area contributed by atoms with Gasteiger partial charge in [-0.25, -0.2) is 4.98 Å². The van der Waals surface area contributed by atoms with Gasteiger partial charge in [-0.05, 0) is 35.3 Å². The number of benzene rings is 2. The smallest absolute Gasteiger partial charge is 0.228 e. The third-order valence-corrected chi connectivity index (χ3v) is 5.90. The van der Waals surface area contributed by atoms with Crippen LogP contribution in [0.3, 0.4) is 0 Å². The Kier molecular flexibility index (Phi) is 5.55. The fourth-order valence-electron chi connectivity index (χ4n) is 2.91. The average Bonchev–Trinajstić information content (AvgIpc) is 3.34. The number of fused-ring (bicyclic) bond motifs is 1. The molecule has 2 aromatic heterocycles. The van der Waals surface area contributed by atoms with E-state index < -0.39 is 0 Å². The molecule has 0 saturated heterocycles. The predicted octanol–water partition coefficient (Wildman–Crippen LogP) is 5.30. The van der Waals surface area contributed by atoms with Crippen molar-refractivity contribution in [2.24, 2.45) is 5.92 Å². The lowest BCUT2D eigenvalue weighted by Crippen LogP contribution is -2.17. The lowest BCUT2D eigenvalue weighted by Gasteiger charge is -2.13. The van der Waals surface area contributed by atoms with Crippen LogP contribution in [0.5, 0.6) is 5.75 Å². The van der Waals surface area contributed by atoms with Crippen LogP contribution in [0, 0.1) is 12.8 Å². The Morgan fingerprint density at radius 2 is 2.03 bits per heavy atom. The maximum Gasteiger partial charge on any atom is 0.228 e. The fourth-order valence-corrected chi connectivity index (χ4v) is 4.08. The van der Waals surface area contributed by atoms with Gasteiger partial charge >= 0.3 is 0 Å². The number of ether oxygens (including phenoxy) is 1. The van der Waals surface area contributed by atoms with Gasteiger partial charge in [0, 0.05) is 11.3 Å². The molecule has 4 rings (SSSR count). The zero-order valence-electron chi connectivity index (χ0n) is 16.3. The number of amides is 1. The zero-order valence-corrected chi connectivity index (χ0v) is 17.9. The van der Waals surface area contributed by atoms with Crippen molar-refractivity contribution in [3.8, 4) is 17.0 Å². The van der Waals surface area contributed by atoms with E-state index in [2.05, 4.69) is 32.0 Å². The summed E-state index contributed by atoms with van der Waals surface area (Å²) in [6, 6.07) is 12.2. The van der Waals surface area contributed by atoms with Crippen molar-refractivity contribution < 1.29 is 9.53 Å². The molecule has 0 fully saturated rings. The lowest BCUT2D eigenvalue weighted by molar-refractivity contribution is -0.118. The standard InChI is InChI=1S/C21H20N4O2S2/c1-12(2)20(26)23-21-22-15(11-28-21)10-27-17-9-8-14-6-4-5-7-16(14)18(17)19-13(3)29-25-24-19/h4-9,11-12H,10H2,1-3H3,(H,22,23,26). The van der Waals surface area contributed by atoms with E-state index in [4.69, 9.17) is 4.74 Å². The summed E-state index contributed by atoms with van der Waals surface area (Å²) >= 11 is 2.77. The van der Waals surface area contributed by atoms with Crippen molar-refractivity contribution in [2.75, 3.05) is 5.32 Å². The van der Waals surface area contributed by atoms with Crippen molar-refractivity contribution in [2.45, 2.75) is 27.4 Å². The first-order valence-corrected chi connectivity index (χ1v) is 10.9. The van der Waals surface area contributed by atoms with Gasteiger partial charge in [0.2, 0.25) is 5.91 Å². The molecule has 8 heteroatoms. The van der Waals surface area contributed by atoms with Gasteiger partial charge in [0.15, 0.2) is 5.13 Å². The second-order valence-corrected chi connectivity index (χ2v) is 8.73. The number of nitrogens with one attached hydrogen (secondary N) is 1. The van der Waals surface area contributed by atoms with Crippen LogP contribution in [0.25, 0.3) is 22.0 Å². The first kappa shape index (κ1) is 19.5. The molecule has 2 heterocycles. The number of hydrogen-bond donors (Lipinski definition) is 1. The molecule has 4 aromatic rings. The van der Waals surface area contributed by atoms with Crippen LogP contribution >= 0.6 is 22.9 Å². The minimum atomic E-state index is -0.0891. The fraction of sp³-hybridized carbons (Fsp3) is 0.238. The zero-order chi connectivity index (χ0) is 20.4. The summed E-state index contributed by atoms with van der Waals surface area (Å²) in [5.41, 5.74) is 2.55. The SMILES string of the molecule is Cc1snnc1-c1c(OCc2csc(NC(=O)C(C)C)n2)ccc2ccccc12. The van der Waals surface area contributed by atoms with Crippen LogP contribution in [0.1, 0.15) is 24.4 Å². The van der Waals surface area contributed by atoms with Gasteiger partial charge in [-0.1, -0.05) is 48.7 Å². The Balaban J connectivity index is 1.61. The van der Waals surface area contributed by atoms with Crippen molar-refractivity contribution in [1.29, 1.82) is 0 Å². The second-order valence-electron chi connectivity index (χ2n) is 6.91. The molecule has 6 nitrogen and oxygen atoms in total. The summed E-state index contributed by atoms with van der Waals surface area (Å²) in [5.74, 6) is 0.601. The summed E-state index contributed by atoms with van der Waals surface area (Å²) in [6.45, 7) is 6.01. The van der Waals surface area contributed by atoms with Gasteiger partial charge in [0.05, 0.1) is 16.1 Å². The van der Waals surface area contributed by atoms with Gasteiger partial charge in [-0.3, -0.25) is 4.79 Å². The van der Waals surface area contributed by atoms with E-state index in [0.29, 0.717) is 11.7 Å². The molecule has 0 atom stereocenters. The Hall–Kier alpha value is -2.84. The molecular weight excluding hydrogens is 404 g/mol. The van der Waals surface area contributed by atoms with Crippen LogP contribution in [0.4, 0.5) is 5.13 Å². The molecule has 148 valence electrons. The first-order valence-electron chi connectivity index (χ1n) is 9.22. The Labute approximate surface area is 176 Å². The average molecular weight is 425 g/mol. The largest absolute Gasteiger partial charge is 0.487 e.